The highest BCUT2D eigenvalue weighted by Crippen LogP contribution is 2.11. The van der Waals surface area contributed by atoms with Crippen LogP contribution < -0.4 is 10.0 Å². The Bertz CT molecular complexity index is 657. The highest BCUT2D eigenvalue weighted by Gasteiger charge is 2.10. The van der Waals surface area contributed by atoms with Crippen LogP contribution in [0.2, 0.25) is 0 Å². The molecule has 0 aliphatic carbocycles. The lowest BCUT2D eigenvalue weighted by Gasteiger charge is -2.07. The molecule has 1 aromatic heterocycles. The van der Waals surface area contributed by atoms with Gasteiger partial charge >= 0.3 is 0 Å². The predicted molar refractivity (Wildman–Crippen MR) is 77.5 cm³/mol. The fraction of sp³-hybridized carbons (Fsp3) is 0.214. The topological polar surface area (TPSA) is 71.1 Å². The molecule has 20 heavy (non-hydrogen) atoms. The van der Waals surface area contributed by atoms with Gasteiger partial charge in [0, 0.05) is 25.5 Å². The third-order valence-corrected chi connectivity index (χ3v) is 4.27. The number of hydrogen-bond donors (Lipinski definition) is 2. The number of nitrogens with zero attached hydrogens (tertiary/aromatic N) is 1. The van der Waals surface area contributed by atoms with Crippen LogP contribution in [0.25, 0.3) is 0 Å². The molecule has 1 heterocycles. The minimum atomic E-state index is -3.39. The van der Waals surface area contributed by atoms with Crippen molar-refractivity contribution in [2.75, 3.05) is 7.05 Å². The van der Waals surface area contributed by atoms with Crippen molar-refractivity contribution < 1.29 is 8.42 Å². The number of pyridine rings is 1. The molecule has 106 valence electrons. The molecule has 2 rings (SSSR count). The molecule has 0 amide bonds. The number of rotatable bonds is 6. The smallest absolute Gasteiger partial charge is 0.240 e. The SMILES string of the molecule is CNS(=O)(=O)c1cccc(CNCc2cccnc2)c1. The first-order valence-electron chi connectivity index (χ1n) is 6.24. The van der Waals surface area contributed by atoms with E-state index in [9.17, 15) is 8.42 Å². The Morgan fingerprint density at radius 2 is 1.85 bits per heavy atom. The highest BCUT2D eigenvalue weighted by molar-refractivity contribution is 7.89. The van der Waals surface area contributed by atoms with Gasteiger partial charge in [-0.3, -0.25) is 4.98 Å². The highest BCUT2D eigenvalue weighted by atomic mass is 32.2. The first-order valence-corrected chi connectivity index (χ1v) is 7.72. The second-order valence-electron chi connectivity index (χ2n) is 4.32. The van der Waals surface area contributed by atoms with Crippen molar-refractivity contribution in [3.63, 3.8) is 0 Å². The lowest BCUT2D eigenvalue weighted by Crippen LogP contribution is -2.19. The van der Waals surface area contributed by atoms with Gasteiger partial charge in [-0.25, -0.2) is 13.1 Å². The summed E-state index contributed by atoms with van der Waals surface area (Å²) in [6.45, 7) is 1.29. The van der Waals surface area contributed by atoms with Crippen LogP contribution in [0.15, 0.2) is 53.7 Å². The van der Waals surface area contributed by atoms with Gasteiger partial charge in [-0.15, -0.1) is 0 Å². The van der Waals surface area contributed by atoms with E-state index in [1.807, 2.05) is 18.2 Å². The summed E-state index contributed by atoms with van der Waals surface area (Å²) in [5.74, 6) is 0. The Balaban J connectivity index is 1.99. The van der Waals surface area contributed by atoms with Gasteiger partial charge in [0.15, 0.2) is 0 Å². The van der Waals surface area contributed by atoms with E-state index in [-0.39, 0.29) is 4.90 Å². The number of aromatic nitrogens is 1. The maximum Gasteiger partial charge on any atom is 0.240 e. The summed E-state index contributed by atoms with van der Waals surface area (Å²) >= 11 is 0. The summed E-state index contributed by atoms with van der Waals surface area (Å²) in [4.78, 5) is 4.32. The van der Waals surface area contributed by atoms with Crippen LogP contribution in [0.4, 0.5) is 0 Å². The molecule has 0 unspecified atom stereocenters. The van der Waals surface area contributed by atoms with E-state index in [4.69, 9.17) is 0 Å². The Labute approximate surface area is 119 Å². The normalized spacial score (nSPS) is 11.4. The van der Waals surface area contributed by atoms with E-state index in [0.717, 1.165) is 11.1 Å². The Morgan fingerprint density at radius 1 is 1.10 bits per heavy atom. The summed E-state index contributed by atoms with van der Waals surface area (Å²) in [5, 5.41) is 3.26. The first-order chi connectivity index (χ1) is 9.62. The maximum absolute atomic E-state index is 11.7. The zero-order chi connectivity index (χ0) is 14.4. The van der Waals surface area contributed by atoms with Gasteiger partial charge in [-0.1, -0.05) is 18.2 Å². The number of sulfonamides is 1. The summed E-state index contributed by atoms with van der Waals surface area (Å²) in [6.07, 6.45) is 3.53. The van der Waals surface area contributed by atoms with Crippen molar-refractivity contribution in [3.8, 4) is 0 Å². The molecule has 0 atom stereocenters. The second kappa shape index (κ2) is 6.60. The molecule has 5 nitrogen and oxygen atoms in total. The van der Waals surface area contributed by atoms with E-state index in [2.05, 4.69) is 15.0 Å². The van der Waals surface area contributed by atoms with Crippen LogP contribution in [0.1, 0.15) is 11.1 Å². The van der Waals surface area contributed by atoms with Gasteiger partial charge in [0.1, 0.15) is 0 Å². The van der Waals surface area contributed by atoms with Gasteiger partial charge in [0.25, 0.3) is 0 Å². The molecule has 2 N–H and O–H groups in total. The molecule has 0 aliphatic rings. The monoisotopic (exact) mass is 291 g/mol. The molecule has 0 aliphatic heterocycles. The average Bonchev–Trinajstić information content (AvgIpc) is 2.49. The zero-order valence-electron chi connectivity index (χ0n) is 11.2. The van der Waals surface area contributed by atoms with E-state index in [1.165, 1.54) is 7.05 Å². The Morgan fingerprint density at radius 3 is 2.55 bits per heavy atom. The van der Waals surface area contributed by atoms with Crippen molar-refractivity contribution in [2.45, 2.75) is 18.0 Å². The van der Waals surface area contributed by atoms with E-state index in [1.54, 1.807) is 30.6 Å². The molecular weight excluding hydrogens is 274 g/mol. The van der Waals surface area contributed by atoms with Crippen molar-refractivity contribution in [1.29, 1.82) is 0 Å². The van der Waals surface area contributed by atoms with Crippen molar-refractivity contribution in [3.05, 3.63) is 59.9 Å². The third-order valence-electron chi connectivity index (χ3n) is 2.86. The largest absolute Gasteiger partial charge is 0.309 e. The minimum absolute atomic E-state index is 0.278. The van der Waals surface area contributed by atoms with E-state index in [0.29, 0.717) is 13.1 Å². The molecule has 6 heteroatoms. The van der Waals surface area contributed by atoms with Crippen LogP contribution in [0.5, 0.6) is 0 Å². The molecule has 0 bridgehead atoms. The van der Waals surface area contributed by atoms with Crippen LogP contribution in [-0.2, 0) is 23.1 Å². The molecule has 0 radical (unpaired) electrons. The quantitative estimate of drug-likeness (QED) is 0.841. The van der Waals surface area contributed by atoms with Crippen LogP contribution in [0, 0.1) is 0 Å². The molecule has 0 fully saturated rings. The molecular formula is C14H17N3O2S. The molecule has 1 aromatic carbocycles. The van der Waals surface area contributed by atoms with Crippen molar-refractivity contribution in [1.82, 2.24) is 15.0 Å². The first kappa shape index (κ1) is 14.6. The van der Waals surface area contributed by atoms with Gasteiger partial charge in [0.05, 0.1) is 4.90 Å². The second-order valence-corrected chi connectivity index (χ2v) is 6.21. The van der Waals surface area contributed by atoms with E-state index >= 15 is 0 Å². The zero-order valence-corrected chi connectivity index (χ0v) is 12.0. The van der Waals surface area contributed by atoms with Crippen molar-refractivity contribution in [2.24, 2.45) is 0 Å². The van der Waals surface area contributed by atoms with Gasteiger partial charge in [-0.05, 0) is 36.4 Å². The Kier molecular flexibility index (Phi) is 4.84. The summed E-state index contributed by atoms with van der Waals surface area (Å²) in [7, 11) is -1.98. The van der Waals surface area contributed by atoms with Crippen LogP contribution >= 0.6 is 0 Å². The average molecular weight is 291 g/mol. The fourth-order valence-electron chi connectivity index (χ4n) is 1.79. The van der Waals surface area contributed by atoms with E-state index < -0.39 is 10.0 Å². The van der Waals surface area contributed by atoms with Gasteiger partial charge < -0.3 is 5.32 Å². The molecule has 0 saturated carbocycles. The molecule has 0 spiro atoms. The maximum atomic E-state index is 11.7. The Hall–Kier alpha value is -1.76. The summed E-state index contributed by atoms with van der Waals surface area (Å²) in [5.41, 5.74) is 2.01. The fourth-order valence-corrected chi connectivity index (χ4v) is 2.59. The lowest BCUT2D eigenvalue weighted by molar-refractivity contribution is 0.588. The van der Waals surface area contributed by atoms with Crippen LogP contribution in [0.3, 0.4) is 0 Å². The third kappa shape index (κ3) is 3.86. The molecule has 2 aromatic rings. The van der Waals surface area contributed by atoms with Gasteiger partial charge in [0.2, 0.25) is 10.0 Å². The number of benzene rings is 1. The van der Waals surface area contributed by atoms with Gasteiger partial charge in [-0.2, -0.15) is 0 Å². The number of hydrogen-bond acceptors (Lipinski definition) is 4. The lowest BCUT2D eigenvalue weighted by atomic mass is 10.2. The standard InChI is InChI=1S/C14H17N3O2S/c1-15-20(18,19)14-6-2-4-12(8-14)9-17-11-13-5-3-7-16-10-13/h2-8,10,15,17H,9,11H2,1H3. The summed E-state index contributed by atoms with van der Waals surface area (Å²) in [6, 6.07) is 10.8. The van der Waals surface area contributed by atoms with Crippen LogP contribution in [-0.4, -0.2) is 20.4 Å². The minimum Gasteiger partial charge on any atom is -0.309 e. The summed E-state index contributed by atoms with van der Waals surface area (Å²) < 4.78 is 25.7. The predicted octanol–water partition coefficient (Wildman–Crippen LogP) is 1.28. The molecule has 0 saturated heterocycles. The van der Waals surface area contributed by atoms with Crippen molar-refractivity contribution >= 4 is 10.0 Å². The number of nitrogens with one attached hydrogen (secondary N) is 2.